The van der Waals surface area contributed by atoms with Gasteiger partial charge < -0.3 is 10.3 Å². The highest BCUT2D eigenvalue weighted by Crippen LogP contribution is 2.25. The highest BCUT2D eigenvalue weighted by Gasteiger charge is 2.23. The maximum atomic E-state index is 13.9. The van der Waals surface area contributed by atoms with Gasteiger partial charge in [0.2, 0.25) is 10.0 Å². The molecular formula is C12H14ClFN4O2S. The van der Waals surface area contributed by atoms with Crippen LogP contribution in [0.5, 0.6) is 0 Å². The van der Waals surface area contributed by atoms with Gasteiger partial charge in [-0.1, -0.05) is 11.6 Å². The Morgan fingerprint density at radius 1 is 1.52 bits per heavy atom. The predicted molar refractivity (Wildman–Crippen MR) is 77.8 cm³/mol. The minimum Gasteiger partial charge on any atom is -0.396 e. The van der Waals surface area contributed by atoms with E-state index < -0.39 is 26.8 Å². The highest BCUT2D eigenvalue weighted by atomic mass is 35.5. The van der Waals surface area contributed by atoms with Crippen LogP contribution in [0.3, 0.4) is 0 Å². The van der Waals surface area contributed by atoms with Crippen LogP contribution in [0, 0.1) is 5.82 Å². The number of nitrogens with one attached hydrogen (secondary N) is 1. The van der Waals surface area contributed by atoms with Crippen LogP contribution in [0.15, 0.2) is 35.7 Å². The normalized spacial score (nSPS) is 13.3. The van der Waals surface area contributed by atoms with Crippen molar-refractivity contribution in [1.29, 1.82) is 0 Å². The Bertz CT molecular complexity index is 734. The molecule has 2 aromatic rings. The van der Waals surface area contributed by atoms with Gasteiger partial charge in [0.15, 0.2) is 5.82 Å². The number of anilines is 1. The first kappa shape index (κ1) is 15.7. The summed E-state index contributed by atoms with van der Waals surface area (Å²) >= 11 is 5.73. The van der Waals surface area contributed by atoms with E-state index in [4.69, 9.17) is 17.3 Å². The molecule has 3 N–H and O–H groups in total. The zero-order valence-corrected chi connectivity index (χ0v) is 12.7. The maximum absolute atomic E-state index is 13.9. The summed E-state index contributed by atoms with van der Waals surface area (Å²) in [6, 6.07) is 1.72. The molecule has 0 aliphatic heterocycles. The molecule has 0 saturated heterocycles. The fourth-order valence-corrected chi connectivity index (χ4v) is 3.52. The molecule has 0 aliphatic carbocycles. The smallest absolute Gasteiger partial charge is 0.243 e. The summed E-state index contributed by atoms with van der Waals surface area (Å²) in [6.45, 7) is 2.01. The van der Waals surface area contributed by atoms with E-state index in [2.05, 4.69) is 9.71 Å². The van der Waals surface area contributed by atoms with Crippen LogP contribution in [0.2, 0.25) is 5.02 Å². The lowest BCUT2D eigenvalue weighted by Gasteiger charge is -2.15. The second kappa shape index (κ2) is 6.00. The SMILES string of the molecule is CC(Cn1ccnc1)NS(=O)(=O)c1cc(Cl)cc(N)c1F. The van der Waals surface area contributed by atoms with E-state index in [1.165, 1.54) is 0 Å². The lowest BCUT2D eigenvalue weighted by atomic mass is 10.3. The van der Waals surface area contributed by atoms with Crippen LogP contribution in [0.25, 0.3) is 0 Å². The van der Waals surface area contributed by atoms with Crippen molar-refractivity contribution in [3.05, 3.63) is 41.7 Å². The average Bonchev–Trinajstić information content (AvgIpc) is 2.85. The number of nitrogens with zero attached hydrogens (tertiary/aromatic N) is 2. The molecule has 1 aromatic carbocycles. The van der Waals surface area contributed by atoms with Crippen molar-refractivity contribution in [2.45, 2.75) is 24.4 Å². The molecule has 21 heavy (non-hydrogen) atoms. The molecule has 0 radical (unpaired) electrons. The summed E-state index contributed by atoms with van der Waals surface area (Å²) in [6.07, 6.45) is 4.84. The largest absolute Gasteiger partial charge is 0.396 e. The Labute approximate surface area is 126 Å². The monoisotopic (exact) mass is 332 g/mol. The average molecular weight is 333 g/mol. The van der Waals surface area contributed by atoms with E-state index in [9.17, 15) is 12.8 Å². The summed E-state index contributed by atoms with van der Waals surface area (Å²) in [5, 5.41) is 0.0523. The van der Waals surface area contributed by atoms with E-state index >= 15 is 0 Å². The van der Waals surface area contributed by atoms with Gasteiger partial charge in [0.05, 0.1) is 12.0 Å². The fourth-order valence-electron chi connectivity index (χ4n) is 1.86. The number of rotatable bonds is 5. The molecule has 1 unspecified atom stereocenters. The summed E-state index contributed by atoms with van der Waals surface area (Å²) in [5.41, 5.74) is 5.08. The Hall–Kier alpha value is -1.64. The number of hydrogen-bond donors (Lipinski definition) is 2. The molecule has 1 atom stereocenters. The summed E-state index contributed by atoms with van der Waals surface area (Å²) in [5.74, 6) is -1.01. The quantitative estimate of drug-likeness (QED) is 0.814. The van der Waals surface area contributed by atoms with E-state index in [1.807, 2.05) is 0 Å². The first-order valence-corrected chi connectivity index (χ1v) is 7.88. The minimum atomic E-state index is -4.06. The molecule has 0 saturated carbocycles. The number of halogens is 2. The Morgan fingerprint density at radius 3 is 2.86 bits per heavy atom. The molecule has 0 bridgehead atoms. The zero-order valence-electron chi connectivity index (χ0n) is 11.1. The number of aromatic nitrogens is 2. The Morgan fingerprint density at radius 2 is 2.24 bits per heavy atom. The molecule has 1 aromatic heterocycles. The second-order valence-electron chi connectivity index (χ2n) is 4.59. The van der Waals surface area contributed by atoms with Gasteiger partial charge >= 0.3 is 0 Å². The van der Waals surface area contributed by atoms with Crippen LogP contribution >= 0.6 is 11.6 Å². The molecule has 0 aliphatic rings. The highest BCUT2D eigenvalue weighted by molar-refractivity contribution is 7.89. The predicted octanol–water partition coefficient (Wildman–Crippen LogP) is 1.62. The number of benzene rings is 1. The lowest BCUT2D eigenvalue weighted by molar-refractivity contribution is 0.513. The van der Waals surface area contributed by atoms with Crippen molar-refractivity contribution in [2.24, 2.45) is 0 Å². The fraction of sp³-hybridized carbons (Fsp3) is 0.250. The summed E-state index contributed by atoms with van der Waals surface area (Å²) in [7, 11) is -4.06. The minimum absolute atomic E-state index is 0.0523. The topological polar surface area (TPSA) is 90.0 Å². The van der Waals surface area contributed by atoms with Crippen molar-refractivity contribution in [3.8, 4) is 0 Å². The molecule has 0 spiro atoms. The zero-order chi connectivity index (χ0) is 15.6. The van der Waals surface area contributed by atoms with E-state index in [0.29, 0.717) is 6.54 Å². The molecule has 114 valence electrons. The van der Waals surface area contributed by atoms with Crippen molar-refractivity contribution in [2.75, 3.05) is 5.73 Å². The summed E-state index contributed by atoms with van der Waals surface area (Å²) in [4.78, 5) is 3.29. The van der Waals surface area contributed by atoms with Crippen LogP contribution in [-0.2, 0) is 16.6 Å². The Balaban J connectivity index is 2.22. The molecule has 1 heterocycles. The van der Waals surface area contributed by atoms with Gasteiger partial charge in [-0.2, -0.15) is 0 Å². The lowest BCUT2D eigenvalue weighted by Crippen LogP contribution is -2.36. The first-order chi connectivity index (χ1) is 9.79. The van der Waals surface area contributed by atoms with Crippen molar-refractivity contribution < 1.29 is 12.8 Å². The third-order valence-electron chi connectivity index (χ3n) is 2.72. The molecular weight excluding hydrogens is 319 g/mol. The van der Waals surface area contributed by atoms with Crippen molar-refractivity contribution >= 4 is 27.3 Å². The molecule has 2 rings (SSSR count). The number of nitrogens with two attached hydrogens (primary N) is 1. The summed E-state index contributed by atoms with van der Waals surface area (Å²) < 4.78 is 42.4. The third-order valence-corrected chi connectivity index (χ3v) is 4.53. The van der Waals surface area contributed by atoms with Gasteiger partial charge in [-0.05, 0) is 19.1 Å². The number of nitrogen functional groups attached to an aromatic ring is 1. The first-order valence-electron chi connectivity index (χ1n) is 6.02. The van der Waals surface area contributed by atoms with E-state index in [0.717, 1.165) is 12.1 Å². The van der Waals surface area contributed by atoms with Crippen LogP contribution in [0.1, 0.15) is 6.92 Å². The molecule has 6 nitrogen and oxygen atoms in total. The Kier molecular flexibility index (Phi) is 4.50. The maximum Gasteiger partial charge on any atom is 0.243 e. The third kappa shape index (κ3) is 3.72. The van der Waals surface area contributed by atoms with Crippen LogP contribution in [-0.4, -0.2) is 24.0 Å². The van der Waals surface area contributed by atoms with Gasteiger partial charge in [-0.25, -0.2) is 22.5 Å². The van der Waals surface area contributed by atoms with E-state index in [1.54, 1.807) is 30.2 Å². The number of hydrogen-bond acceptors (Lipinski definition) is 4. The number of sulfonamides is 1. The second-order valence-corrected chi connectivity index (χ2v) is 6.71. The van der Waals surface area contributed by atoms with Gasteiger partial charge in [0.25, 0.3) is 0 Å². The molecule has 0 amide bonds. The van der Waals surface area contributed by atoms with Gasteiger partial charge in [-0.15, -0.1) is 0 Å². The molecule has 0 fully saturated rings. The van der Waals surface area contributed by atoms with Crippen molar-refractivity contribution in [3.63, 3.8) is 0 Å². The van der Waals surface area contributed by atoms with E-state index in [-0.39, 0.29) is 10.7 Å². The standard InChI is InChI=1S/C12H14ClFN4O2S/c1-8(6-18-3-2-16-7-18)17-21(19,20)11-5-9(13)4-10(15)12(11)14/h2-5,7-8,17H,6,15H2,1H3. The van der Waals surface area contributed by atoms with Gasteiger partial charge in [0, 0.05) is 30.0 Å². The number of imidazole rings is 1. The van der Waals surface area contributed by atoms with Gasteiger partial charge in [0.1, 0.15) is 4.90 Å². The molecule has 9 heteroatoms. The van der Waals surface area contributed by atoms with Crippen LogP contribution in [0.4, 0.5) is 10.1 Å². The van der Waals surface area contributed by atoms with Gasteiger partial charge in [-0.3, -0.25) is 0 Å². The van der Waals surface area contributed by atoms with Crippen molar-refractivity contribution in [1.82, 2.24) is 14.3 Å². The van der Waals surface area contributed by atoms with Crippen LogP contribution < -0.4 is 10.5 Å².